The van der Waals surface area contributed by atoms with Crippen LogP contribution in [-0.4, -0.2) is 9.97 Å². The summed E-state index contributed by atoms with van der Waals surface area (Å²) in [5, 5.41) is 0. The molecule has 3 heteroatoms. The second-order valence-corrected chi connectivity index (χ2v) is 5.66. The van der Waals surface area contributed by atoms with Crippen molar-refractivity contribution in [3.63, 3.8) is 0 Å². The average Bonchev–Trinajstić information content (AvgIpc) is 3.05. The van der Waals surface area contributed by atoms with E-state index in [9.17, 15) is 0 Å². The molecule has 2 heterocycles. The van der Waals surface area contributed by atoms with Gasteiger partial charge in [-0.05, 0) is 46.6 Å². The van der Waals surface area contributed by atoms with Crippen molar-refractivity contribution in [1.82, 2.24) is 9.97 Å². The fourth-order valence-electron chi connectivity index (χ4n) is 2.36. The minimum atomic E-state index is 0.210. The highest BCUT2D eigenvalue weighted by molar-refractivity contribution is 9.10. The number of hydrogen-bond donors (Lipinski definition) is 2. The molecule has 1 unspecified atom stereocenters. The molecule has 19 heavy (non-hydrogen) atoms. The van der Waals surface area contributed by atoms with Crippen LogP contribution in [-0.2, 0) is 0 Å². The zero-order chi connectivity index (χ0) is 13.2. The van der Waals surface area contributed by atoms with Gasteiger partial charge < -0.3 is 9.97 Å². The van der Waals surface area contributed by atoms with Crippen molar-refractivity contribution in [3.05, 3.63) is 81.8 Å². The summed E-state index contributed by atoms with van der Waals surface area (Å²) in [5.74, 6) is 0.210. The molecule has 0 fully saturated rings. The smallest absolute Gasteiger partial charge is 0.0641 e. The highest BCUT2D eigenvalue weighted by Gasteiger charge is 2.18. The molecular formula is C16H15BrN2. The molecule has 0 aliphatic carbocycles. The van der Waals surface area contributed by atoms with E-state index in [0.717, 1.165) is 4.47 Å². The summed E-state index contributed by atoms with van der Waals surface area (Å²) in [6, 6.07) is 15.0. The van der Waals surface area contributed by atoms with Gasteiger partial charge in [-0.15, -0.1) is 0 Å². The Hall–Kier alpha value is -1.74. The second-order valence-electron chi connectivity index (χ2n) is 4.74. The highest BCUT2D eigenvalue weighted by Crippen LogP contribution is 2.31. The van der Waals surface area contributed by atoms with Crippen LogP contribution in [0.5, 0.6) is 0 Å². The molecule has 0 aliphatic heterocycles. The molecule has 2 nitrogen and oxygen atoms in total. The standard InChI is InChI=1S/C16H15BrN2/c1-11-4-6-12(7-5-11)16(14-3-2-8-18-14)15-9-13(17)10-19-15/h2-10,16,18-19H,1H3. The number of benzene rings is 1. The largest absolute Gasteiger partial charge is 0.364 e. The number of hydrogen-bond acceptors (Lipinski definition) is 0. The van der Waals surface area contributed by atoms with Crippen LogP contribution in [0, 0.1) is 6.92 Å². The molecule has 96 valence electrons. The van der Waals surface area contributed by atoms with Gasteiger partial charge in [0.05, 0.1) is 5.92 Å². The van der Waals surface area contributed by atoms with Crippen LogP contribution < -0.4 is 0 Å². The SMILES string of the molecule is Cc1ccc(C(c2ccc[nH]2)c2cc(Br)c[nH]2)cc1. The van der Waals surface area contributed by atoms with Gasteiger partial charge in [-0.3, -0.25) is 0 Å². The monoisotopic (exact) mass is 314 g/mol. The Kier molecular flexibility index (Phi) is 3.30. The van der Waals surface area contributed by atoms with Crippen LogP contribution in [0.2, 0.25) is 0 Å². The zero-order valence-electron chi connectivity index (χ0n) is 10.7. The molecule has 2 aromatic heterocycles. The Bertz CT molecular complexity index is 650. The first-order chi connectivity index (χ1) is 9.24. The number of aromatic nitrogens is 2. The van der Waals surface area contributed by atoms with E-state index in [4.69, 9.17) is 0 Å². The van der Waals surface area contributed by atoms with E-state index < -0.39 is 0 Å². The van der Waals surface area contributed by atoms with E-state index in [0.29, 0.717) is 0 Å². The molecule has 3 rings (SSSR count). The molecule has 0 saturated heterocycles. The molecule has 2 N–H and O–H groups in total. The average molecular weight is 315 g/mol. The lowest BCUT2D eigenvalue weighted by Gasteiger charge is -2.15. The summed E-state index contributed by atoms with van der Waals surface area (Å²) < 4.78 is 1.08. The Labute approximate surface area is 121 Å². The van der Waals surface area contributed by atoms with Crippen molar-refractivity contribution in [3.8, 4) is 0 Å². The number of rotatable bonds is 3. The van der Waals surface area contributed by atoms with Gasteiger partial charge in [0, 0.05) is 28.3 Å². The molecular weight excluding hydrogens is 300 g/mol. The number of halogens is 1. The first-order valence-electron chi connectivity index (χ1n) is 6.28. The maximum Gasteiger partial charge on any atom is 0.0641 e. The second kappa shape index (κ2) is 5.10. The maximum atomic E-state index is 3.51. The van der Waals surface area contributed by atoms with Gasteiger partial charge in [-0.25, -0.2) is 0 Å². The van der Waals surface area contributed by atoms with E-state index in [-0.39, 0.29) is 5.92 Å². The molecule has 0 amide bonds. The third kappa shape index (κ3) is 2.51. The maximum absolute atomic E-state index is 3.51. The highest BCUT2D eigenvalue weighted by atomic mass is 79.9. The molecule has 3 aromatic rings. The van der Waals surface area contributed by atoms with Gasteiger partial charge in [0.2, 0.25) is 0 Å². The lowest BCUT2D eigenvalue weighted by Crippen LogP contribution is -2.04. The Morgan fingerprint density at radius 1 is 1.00 bits per heavy atom. The van der Waals surface area contributed by atoms with Gasteiger partial charge in [0.15, 0.2) is 0 Å². The van der Waals surface area contributed by atoms with Crippen LogP contribution in [0.3, 0.4) is 0 Å². The quantitative estimate of drug-likeness (QED) is 0.708. The van der Waals surface area contributed by atoms with E-state index >= 15 is 0 Å². The van der Waals surface area contributed by atoms with Gasteiger partial charge in [0.25, 0.3) is 0 Å². The molecule has 0 radical (unpaired) electrons. The van der Waals surface area contributed by atoms with Crippen molar-refractivity contribution in [1.29, 1.82) is 0 Å². The van der Waals surface area contributed by atoms with Crippen molar-refractivity contribution in [2.24, 2.45) is 0 Å². The van der Waals surface area contributed by atoms with Crippen LogP contribution in [0.4, 0.5) is 0 Å². The van der Waals surface area contributed by atoms with E-state index in [2.05, 4.69) is 69.2 Å². The Morgan fingerprint density at radius 2 is 1.79 bits per heavy atom. The predicted molar refractivity (Wildman–Crippen MR) is 81.4 cm³/mol. The molecule has 1 atom stereocenters. The van der Waals surface area contributed by atoms with E-state index in [1.54, 1.807) is 0 Å². The normalized spacial score (nSPS) is 12.5. The van der Waals surface area contributed by atoms with Gasteiger partial charge in [-0.2, -0.15) is 0 Å². The number of aryl methyl sites for hydroxylation is 1. The summed E-state index contributed by atoms with van der Waals surface area (Å²) in [4.78, 5) is 6.66. The first kappa shape index (κ1) is 12.3. The van der Waals surface area contributed by atoms with Gasteiger partial charge in [0.1, 0.15) is 0 Å². The number of nitrogens with one attached hydrogen (secondary N) is 2. The van der Waals surface area contributed by atoms with Crippen molar-refractivity contribution < 1.29 is 0 Å². The summed E-state index contributed by atoms with van der Waals surface area (Å²) in [6.07, 6.45) is 3.94. The topological polar surface area (TPSA) is 31.6 Å². The summed E-state index contributed by atoms with van der Waals surface area (Å²) in [7, 11) is 0. The molecule has 0 aliphatic rings. The van der Waals surface area contributed by atoms with E-state index in [1.807, 2.05) is 18.5 Å². The number of aromatic amines is 2. The van der Waals surface area contributed by atoms with Crippen LogP contribution in [0.25, 0.3) is 0 Å². The minimum absolute atomic E-state index is 0.210. The molecule has 0 bridgehead atoms. The third-order valence-electron chi connectivity index (χ3n) is 3.32. The number of H-pyrrole nitrogens is 2. The molecule has 0 saturated carbocycles. The van der Waals surface area contributed by atoms with Crippen molar-refractivity contribution >= 4 is 15.9 Å². The fraction of sp³-hybridized carbons (Fsp3) is 0.125. The Balaban J connectivity index is 2.09. The minimum Gasteiger partial charge on any atom is -0.364 e. The lowest BCUT2D eigenvalue weighted by molar-refractivity contribution is 0.897. The van der Waals surface area contributed by atoms with Crippen LogP contribution >= 0.6 is 15.9 Å². The summed E-state index contributed by atoms with van der Waals surface area (Å²) in [6.45, 7) is 2.11. The van der Waals surface area contributed by atoms with Gasteiger partial charge in [-0.1, -0.05) is 29.8 Å². The molecule has 0 spiro atoms. The van der Waals surface area contributed by atoms with Crippen molar-refractivity contribution in [2.45, 2.75) is 12.8 Å². The summed E-state index contributed by atoms with van der Waals surface area (Å²) in [5.41, 5.74) is 4.93. The van der Waals surface area contributed by atoms with Crippen LogP contribution in [0.1, 0.15) is 28.4 Å². The fourth-order valence-corrected chi connectivity index (χ4v) is 2.72. The Morgan fingerprint density at radius 3 is 2.37 bits per heavy atom. The zero-order valence-corrected chi connectivity index (χ0v) is 12.2. The lowest BCUT2D eigenvalue weighted by atomic mass is 9.92. The van der Waals surface area contributed by atoms with E-state index in [1.165, 1.54) is 22.5 Å². The van der Waals surface area contributed by atoms with Gasteiger partial charge >= 0.3 is 0 Å². The van der Waals surface area contributed by atoms with Crippen molar-refractivity contribution in [2.75, 3.05) is 0 Å². The molecule has 1 aromatic carbocycles. The predicted octanol–water partition coefficient (Wildman–Crippen LogP) is 4.59. The first-order valence-corrected chi connectivity index (χ1v) is 7.07. The summed E-state index contributed by atoms with van der Waals surface area (Å²) >= 11 is 3.51. The third-order valence-corrected chi connectivity index (χ3v) is 3.78. The van der Waals surface area contributed by atoms with Crippen LogP contribution in [0.15, 0.2) is 59.3 Å².